The Kier molecular flexibility index (Phi) is 6.25. The van der Waals surface area contributed by atoms with Crippen LogP contribution in [-0.4, -0.2) is 76.4 Å². The molecule has 104 valence electrons. The van der Waals surface area contributed by atoms with E-state index in [1.165, 1.54) is 0 Å². The van der Waals surface area contributed by atoms with E-state index >= 15 is 0 Å². The van der Waals surface area contributed by atoms with Crippen molar-refractivity contribution in [2.75, 3.05) is 13.2 Å². The molecular formula is C6H12B2Na2O10. The van der Waals surface area contributed by atoms with Crippen molar-refractivity contribution < 1.29 is 108 Å². The Morgan fingerprint density at radius 3 is 2.25 bits per heavy atom. The molecule has 0 radical (unpaired) electrons. The summed E-state index contributed by atoms with van der Waals surface area (Å²) in [4.78, 5) is 0. The van der Waals surface area contributed by atoms with Gasteiger partial charge >= 0.3 is 73.0 Å². The third-order valence-electron chi connectivity index (χ3n) is 3.17. The first-order valence-electron chi connectivity index (χ1n) is 5.41. The van der Waals surface area contributed by atoms with Gasteiger partial charge in [0.2, 0.25) is 0 Å². The molecule has 3 fully saturated rings. The van der Waals surface area contributed by atoms with E-state index in [2.05, 4.69) is 0 Å². The van der Waals surface area contributed by atoms with Gasteiger partial charge in [0.25, 0.3) is 0 Å². The van der Waals surface area contributed by atoms with E-state index in [0.29, 0.717) is 0 Å². The Balaban J connectivity index is 0.000001000. The molecule has 10 nitrogen and oxygen atoms in total. The van der Waals surface area contributed by atoms with E-state index in [4.69, 9.17) is 23.4 Å². The number of aliphatic hydroxyl groups excluding tert-OH is 1. The summed E-state index contributed by atoms with van der Waals surface area (Å²) in [7, 11) is 0. The van der Waals surface area contributed by atoms with E-state index in [1.54, 1.807) is 0 Å². The number of hydrogen-bond acceptors (Lipinski definition) is 10. The number of hydrogen-bond donors (Lipinski definition) is 5. The second-order valence-electron chi connectivity index (χ2n) is 4.50. The molecule has 3 heterocycles. The van der Waals surface area contributed by atoms with E-state index in [0.717, 1.165) is 0 Å². The fourth-order valence-corrected chi connectivity index (χ4v) is 2.52. The molecule has 14 heteroatoms. The Morgan fingerprint density at radius 2 is 1.65 bits per heavy atom. The van der Waals surface area contributed by atoms with E-state index < -0.39 is 44.6 Å². The van der Waals surface area contributed by atoms with Gasteiger partial charge in [0, 0.05) is 0 Å². The van der Waals surface area contributed by atoms with Crippen molar-refractivity contribution in [2.24, 2.45) is 0 Å². The van der Waals surface area contributed by atoms with Gasteiger partial charge in [-0.2, -0.15) is 0 Å². The molecule has 20 heavy (non-hydrogen) atoms. The summed E-state index contributed by atoms with van der Waals surface area (Å²) in [5.74, 6) is -1.83. The van der Waals surface area contributed by atoms with Crippen LogP contribution in [0.1, 0.15) is 0 Å². The molecule has 3 rings (SSSR count). The van der Waals surface area contributed by atoms with Crippen LogP contribution in [0, 0.1) is 0 Å². The maximum atomic E-state index is 9.34. The predicted molar refractivity (Wildman–Crippen MR) is 51.9 cm³/mol. The second kappa shape index (κ2) is 6.32. The first kappa shape index (κ1) is 19.8. The van der Waals surface area contributed by atoms with Crippen molar-refractivity contribution in [1.82, 2.24) is 0 Å². The Morgan fingerprint density at radius 1 is 1.00 bits per heavy atom. The fraction of sp³-hybridized carbons (Fsp3) is 1.00. The number of rotatable bonds is 1. The van der Waals surface area contributed by atoms with E-state index in [9.17, 15) is 25.2 Å². The number of fused-ring (bicyclic) bond motifs is 3. The molecule has 3 aliphatic rings. The zero-order valence-electron chi connectivity index (χ0n) is 11.1. The molecule has 0 unspecified atom stereocenters. The minimum absolute atomic E-state index is 0. The van der Waals surface area contributed by atoms with Crippen molar-refractivity contribution in [2.45, 2.75) is 24.1 Å². The summed E-state index contributed by atoms with van der Waals surface area (Å²) in [6, 6.07) is 0. The van der Waals surface area contributed by atoms with Crippen LogP contribution in [0.3, 0.4) is 0 Å². The van der Waals surface area contributed by atoms with Crippen molar-refractivity contribution in [3.05, 3.63) is 0 Å². The van der Waals surface area contributed by atoms with Gasteiger partial charge in [0.15, 0.2) is 5.79 Å². The molecule has 4 atom stereocenters. The average molecular weight is 318 g/mol. The third kappa shape index (κ3) is 3.31. The van der Waals surface area contributed by atoms with Crippen LogP contribution < -0.4 is 59.1 Å². The van der Waals surface area contributed by atoms with Gasteiger partial charge in [0.05, 0.1) is 31.5 Å². The van der Waals surface area contributed by atoms with Crippen LogP contribution in [-0.2, 0) is 23.4 Å². The standard InChI is InChI=1S/C6H12B2O10.2Na/c9-2-6-5(17-8(12,13)18-6)4-3(1-14-6)15-7(10,11)16-4;;/h3-5,9-13H,1-2H2;;/q-2;2*+1/t3-,4-,5+,6+;;/m1../s1/i1+1,2+1,3+1,4+1,5+1,6+1;;. The first-order valence-corrected chi connectivity index (χ1v) is 5.41. The van der Waals surface area contributed by atoms with Gasteiger partial charge in [-0.3, -0.25) is 0 Å². The molecule has 0 aliphatic carbocycles. The molecule has 0 aromatic heterocycles. The summed E-state index contributed by atoms with van der Waals surface area (Å²) in [5, 5.41) is 46.5. The van der Waals surface area contributed by atoms with Crippen LogP contribution in [0.5, 0.6) is 0 Å². The van der Waals surface area contributed by atoms with Crippen molar-refractivity contribution in [1.29, 1.82) is 0 Å². The average Bonchev–Trinajstić information content (AvgIpc) is 2.70. The van der Waals surface area contributed by atoms with Crippen molar-refractivity contribution in [3.8, 4) is 0 Å². The van der Waals surface area contributed by atoms with Gasteiger partial charge in [-0.25, -0.2) is 0 Å². The maximum Gasteiger partial charge on any atom is 1.00 e. The summed E-state index contributed by atoms with van der Waals surface area (Å²) in [6.45, 7) is -8.03. The van der Waals surface area contributed by atoms with Crippen molar-refractivity contribution in [3.63, 3.8) is 0 Å². The summed E-state index contributed by atoms with van der Waals surface area (Å²) in [5.41, 5.74) is 0. The predicted octanol–water partition coefficient (Wildman–Crippen LogP) is -10.2. The maximum absolute atomic E-state index is 9.34. The quantitative estimate of drug-likeness (QED) is 0.233. The van der Waals surface area contributed by atoms with Gasteiger partial charge in [0.1, 0.15) is 0 Å². The fourth-order valence-electron chi connectivity index (χ4n) is 2.52. The molecule has 5 N–H and O–H groups in total. The van der Waals surface area contributed by atoms with Gasteiger partial charge < -0.3 is 48.6 Å². The van der Waals surface area contributed by atoms with E-state index in [-0.39, 0.29) is 65.7 Å². The third-order valence-corrected chi connectivity index (χ3v) is 3.17. The number of ether oxygens (including phenoxy) is 1. The van der Waals surface area contributed by atoms with Crippen LogP contribution in [0.25, 0.3) is 0 Å². The first-order chi connectivity index (χ1) is 8.27. The Bertz CT molecular complexity index is 372. The number of aliphatic hydroxyl groups is 1. The van der Waals surface area contributed by atoms with Gasteiger partial charge in [-0.15, -0.1) is 0 Å². The topological polar surface area (TPSA) is 147 Å². The summed E-state index contributed by atoms with van der Waals surface area (Å²) in [6.07, 6.45) is -3.21. The Labute approximate surface area is 158 Å². The monoisotopic (exact) mass is 318 g/mol. The molecule has 0 saturated carbocycles. The molecule has 0 spiro atoms. The molecule has 0 aromatic rings. The molecule has 0 aromatic carbocycles. The van der Waals surface area contributed by atoms with Crippen LogP contribution >= 0.6 is 0 Å². The molecule has 3 aliphatic heterocycles. The minimum Gasteiger partial charge on any atom is -0.533 e. The SMILES string of the molecule is O[13CH2][13C@@]12O[13CH2][13C@H]3O[B-](O)(O)O[13C@H]3[13C@@H]1O[B-](O)(O)O2.[Na+].[Na+]. The molecule has 0 amide bonds. The smallest absolute Gasteiger partial charge is 0.533 e. The van der Waals surface area contributed by atoms with Crippen LogP contribution in [0.2, 0.25) is 0 Å². The summed E-state index contributed by atoms with van der Waals surface area (Å²) >= 11 is 0. The second-order valence-corrected chi connectivity index (χ2v) is 4.50. The van der Waals surface area contributed by atoms with Crippen LogP contribution in [0.15, 0.2) is 0 Å². The minimum atomic E-state index is -3.63. The molecule has 0 bridgehead atoms. The summed E-state index contributed by atoms with van der Waals surface area (Å²) < 4.78 is 24.3. The largest absolute Gasteiger partial charge is 1.00 e. The normalized spacial score (nSPS) is 44.0. The van der Waals surface area contributed by atoms with Crippen LogP contribution in [0.4, 0.5) is 0 Å². The molecule has 3 saturated heterocycles. The van der Waals surface area contributed by atoms with Gasteiger partial charge in [-0.1, -0.05) is 0 Å². The zero-order chi connectivity index (χ0) is 13.2. The van der Waals surface area contributed by atoms with Crippen molar-refractivity contribution >= 4 is 13.9 Å². The Hall–Kier alpha value is 1.73. The van der Waals surface area contributed by atoms with E-state index in [1.807, 2.05) is 0 Å². The molecular weight excluding hydrogens is 306 g/mol. The van der Waals surface area contributed by atoms with Gasteiger partial charge in [-0.05, 0) is 0 Å². The zero-order valence-corrected chi connectivity index (χ0v) is 15.1.